The molecule has 1 aliphatic heterocycles. The van der Waals surface area contributed by atoms with E-state index in [0.29, 0.717) is 29.3 Å². The number of piperidine rings is 1. The van der Waals surface area contributed by atoms with Gasteiger partial charge in [0.2, 0.25) is 0 Å². The minimum absolute atomic E-state index is 0. The first-order chi connectivity index (χ1) is 13.1. The Morgan fingerprint density at radius 1 is 1.14 bits per heavy atom. The zero-order chi connectivity index (χ0) is 19.1. The van der Waals surface area contributed by atoms with Crippen LogP contribution < -0.4 is 16.0 Å². The van der Waals surface area contributed by atoms with Crippen molar-refractivity contribution in [2.24, 2.45) is 5.41 Å². The fraction of sp³-hybridized carbons (Fsp3) is 0.400. The molecule has 3 rings (SSSR count). The molecule has 152 valence electrons. The highest BCUT2D eigenvalue weighted by atomic mass is 35.5. The summed E-state index contributed by atoms with van der Waals surface area (Å²) < 4.78 is 5.39. The fourth-order valence-corrected chi connectivity index (χ4v) is 3.93. The van der Waals surface area contributed by atoms with E-state index in [1.165, 1.54) is 11.3 Å². The number of hydrogen-bond donors (Lipinski definition) is 3. The van der Waals surface area contributed by atoms with Crippen LogP contribution >= 0.6 is 23.7 Å². The van der Waals surface area contributed by atoms with E-state index in [2.05, 4.69) is 16.0 Å². The third-order valence-corrected chi connectivity index (χ3v) is 5.76. The highest BCUT2D eigenvalue weighted by Gasteiger charge is 2.32. The molecule has 6 nitrogen and oxygen atoms in total. The second-order valence-electron chi connectivity index (χ2n) is 6.87. The number of nitrogens with one attached hydrogen (secondary N) is 3. The molecule has 1 aromatic heterocycles. The molecule has 0 bridgehead atoms. The normalized spacial score (nSPS) is 15.3. The number of carbonyl (C=O) groups excluding carboxylic acids is 2. The van der Waals surface area contributed by atoms with Crippen LogP contribution in [0.1, 0.15) is 32.9 Å². The quantitative estimate of drug-likeness (QED) is 0.639. The van der Waals surface area contributed by atoms with Gasteiger partial charge >= 0.3 is 0 Å². The average Bonchev–Trinajstić information content (AvgIpc) is 3.23. The predicted octanol–water partition coefficient (Wildman–Crippen LogP) is 3.17. The summed E-state index contributed by atoms with van der Waals surface area (Å²) in [6.07, 6.45) is 1.96. The summed E-state index contributed by atoms with van der Waals surface area (Å²) in [6.45, 7) is 3.12. The van der Waals surface area contributed by atoms with Crippen molar-refractivity contribution in [3.8, 4) is 0 Å². The lowest BCUT2D eigenvalue weighted by Gasteiger charge is -2.37. The molecule has 0 spiro atoms. The van der Waals surface area contributed by atoms with Gasteiger partial charge < -0.3 is 20.7 Å². The van der Waals surface area contributed by atoms with Gasteiger partial charge in [-0.05, 0) is 61.6 Å². The van der Waals surface area contributed by atoms with E-state index in [-0.39, 0.29) is 29.6 Å². The highest BCUT2D eigenvalue weighted by molar-refractivity contribution is 7.12. The first-order valence-corrected chi connectivity index (χ1v) is 9.93. The first-order valence-electron chi connectivity index (χ1n) is 9.05. The van der Waals surface area contributed by atoms with Gasteiger partial charge in [0.05, 0.1) is 11.5 Å². The molecule has 2 heterocycles. The van der Waals surface area contributed by atoms with Crippen molar-refractivity contribution in [3.05, 3.63) is 52.2 Å². The van der Waals surface area contributed by atoms with Gasteiger partial charge in [0, 0.05) is 30.3 Å². The molecule has 0 saturated carbocycles. The maximum absolute atomic E-state index is 12.5. The van der Waals surface area contributed by atoms with Crippen molar-refractivity contribution < 1.29 is 14.3 Å². The molecule has 8 heteroatoms. The van der Waals surface area contributed by atoms with E-state index in [4.69, 9.17) is 4.74 Å². The van der Waals surface area contributed by atoms with Crippen LogP contribution in [0.15, 0.2) is 41.8 Å². The molecule has 0 atom stereocenters. The number of benzene rings is 1. The van der Waals surface area contributed by atoms with E-state index in [0.717, 1.165) is 25.9 Å². The Morgan fingerprint density at radius 2 is 1.86 bits per heavy atom. The molecular formula is C20H26ClN3O3S. The molecule has 0 aliphatic carbocycles. The van der Waals surface area contributed by atoms with Gasteiger partial charge in [0.25, 0.3) is 11.8 Å². The summed E-state index contributed by atoms with van der Waals surface area (Å²) in [7, 11) is 1.70. The van der Waals surface area contributed by atoms with Crippen LogP contribution in [0.5, 0.6) is 0 Å². The van der Waals surface area contributed by atoms with Crippen molar-refractivity contribution >= 4 is 41.2 Å². The van der Waals surface area contributed by atoms with Gasteiger partial charge in [0.15, 0.2) is 0 Å². The molecule has 28 heavy (non-hydrogen) atoms. The van der Waals surface area contributed by atoms with Crippen molar-refractivity contribution in [2.75, 3.05) is 38.7 Å². The minimum Gasteiger partial charge on any atom is -0.384 e. The number of thiophene rings is 1. The lowest BCUT2D eigenvalue weighted by atomic mass is 9.79. The summed E-state index contributed by atoms with van der Waals surface area (Å²) in [6, 6.07) is 10.6. The molecule has 1 fully saturated rings. The van der Waals surface area contributed by atoms with Crippen LogP contribution in [0.25, 0.3) is 0 Å². The van der Waals surface area contributed by atoms with Crippen LogP contribution in [-0.2, 0) is 4.74 Å². The zero-order valence-corrected chi connectivity index (χ0v) is 17.5. The Morgan fingerprint density at radius 3 is 2.46 bits per heavy atom. The van der Waals surface area contributed by atoms with Crippen LogP contribution in [0.3, 0.4) is 0 Å². The molecular weight excluding hydrogens is 398 g/mol. The zero-order valence-electron chi connectivity index (χ0n) is 15.8. The van der Waals surface area contributed by atoms with Gasteiger partial charge in [-0.25, -0.2) is 0 Å². The molecule has 1 aromatic carbocycles. The van der Waals surface area contributed by atoms with Crippen molar-refractivity contribution in [1.29, 1.82) is 0 Å². The van der Waals surface area contributed by atoms with E-state index < -0.39 is 0 Å². The first kappa shape index (κ1) is 22.4. The largest absolute Gasteiger partial charge is 0.384 e. The SMILES string of the molecule is COCC1(CNC(=O)c2ccc(NC(=O)c3cccs3)cc2)CCNCC1.Cl. The lowest BCUT2D eigenvalue weighted by molar-refractivity contribution is 0.0512. The Labute approximate surface area is 175 Å². The summed E-state index contributed by atoms with van der Waals surface area (Å²) in [5.74, 6) is -0.255. The number of methoxy groups -OCH3 is 1. The summed E-state index contributed by atoms with van der Waals surface area (Å²) >= 11 is 1.39. The van der Waals surface area contributed by atoms with Crippen LogP contribution in [0.4, 0.5) is 5.69 Å². The summed E-state index contributed by atoms with van der Waals surface area (Å²) in [5, 5.41) is 11.1. The standard InChI is InChI=1S/C20H25N3O3S.ClH/c1-26-14-20(8-10-21-11-9-20)13-22-18(24)15-4-6-16(7-5-15)23-19(25)17-3-2-12-27-17;/h2-7,12,21H,8-11,13-14H2,1H3,(H,22,24)(H,23,25);1H. The van der Waals surface area contributed by atoms with Gasteiger partial charge in [0.1, 0.15) is 0 Å². The van der Waals surface area contributed by atoms with Gasteiger partial charge in [-0.3, -0.25) is 9.59 Å². The monoisotopic (exact) mass is 423 g/mol. The van der Waals surface area contributed by atoms with E-state index in [9.17, 15) is 9.59 Å². The van der Waals surface area contributed by atoms with Gasteiger partial charge in [-0.2, -0.15) is 0 Å². The Kier molecular flexibility index (Phi) is 8.44. The summed E-state index contributed by atoms with van der Waals surface area (Å²) in [4.78, 5) is 25.2. The van der Waals surface area contributed by atoms with Crippen molar-refractivity contribution in [1.82, 2.24) is 10.6 Å². The van der Waals surface area contributed by atoms with Gasteiger partial charge in [-0.15, -0.1) is 23.7 Å². The number of ether oxygens (including phenoxy) is 1. The van der Waals surface area contributed by atoms with Crippen LogP contribution in [-0.4, -0.2) is 45.2 Å². The molecule has 2 aromatic rings. The lowest BCUT2D eigenvalue weighted by Crippen LogP contribution is -2.47. The van der Waals surface area contributed by atoms with Crippen molar-refractivity contribution in [3.63, 3.8) is 0 Å². The number of anilines is 1. The molecule has 0 radical (unpaired) electrons. The summed E-state index contributed by atoms with van der Waals surface area (Å²) in [5.41, 5.74) is 1.23. The second kappa shape index (κ2) is 10.6. The number of amides is 2. The number of carbonyl (C=O) groups is 2. The predicted molar refractivity (Wildman–Crippen MR) is 115 cm³/mol. The van der Waals surface area contributed by atoms with Crippen LogP contribution in [0, 0.1) is 5.41 Å². The average molecular weight is 424 g/mol. The van der Waals surface area contributed by atoms with E-state index >= 15 is 0 Å². The second-order valence-corrected chi connectivity index (χ2v) is 7.82. The Bertz CT molecular complexity index is 754. The Balaban J connectivity index is 0.00000280. The molecule has 2 amide bonds. The van der Waals surface area contributed by atoms with E-state index in [1.54, 1.807) is 37.4 Å². The fourth-order valence-electron chi connectivity index (χ4n) is 3.31. The molecule has 3 N–H and O–H groups in total. The van der Waals surface area contributed by atoms with Crippen LogP contribution in [0.2, 0.25) is 0 Å². The van der Waals surface area contributed by atoms with Gasteiger partial charge in [-0.1, -0.05) is 6.07 Å². The number of rotatable bonds is 7. The maximum atomic E-state index is 12.5. The minimum atomic E-state index is -0.144. The molecule has 1 aliphatic rings. The highest BCUT2D eigenvalue weighted by Crippen LogP contribution is 2.28. The third kappa shape index (κ3) is 5.78. The Hall–Kier alpha value is -1.93. The topological polar surface area (TPSA) is 79.5 Å². The third-order valence-electron chi connectivity index (χ3n) is 4.89. The molecule has 0 unspecified atom stereocenters. The number of hydrogen-bond acceptors (Lipinski definition) is 5. The molecule has 1 saturated heterocycles. The maximum Gasteiger partial charge on any atom is 0.265 e. The van der Waals surface area contributed by atoms with Crippen molar-refractivity contribution in [2.45, 2.75) is 12.8 Å². The number of halogens is 1. The smallest absolute Gasteiger partial charge is 0.265 e. The van der Waals surface area contributed by atoms with E-state index in [1.807, 2.05) is 11.4 Å².